The molecule has 1 N–H and O–H groups in total. The number of benzene rings is 2. The number of anilines is 1. The lowest BCUT2D eigenvalue weighted by molar-refractivity contribution is -0.113. The molecule has 0 saturated heterocycles. The van der Waals surface area contributed by atoms with Crippen molar-refractivity contribution in [3.05, 3.63) is 70.9 Å². The Labute approximate surface area is 162 Å². The lowest BCUT2D eigenvalue weighted by Crippen LogP contribution is -2.15. The van der Waals surface area contributed by atoms with E-state index in [0.29, 0.717) is 5.75 Å². The van der Waals surface area contributed by atoms with Crippen LogP contribution in [0.1, 0.15) is 27.6 Å². The Hall–Kier alpha value is -2.73. The number of aromatic nitrogens is 2. The molecule has 138 valence electrons. The van der Waals surface area contributed by atoms with E-state index in [0.717, 1.165) is 39.6 Å². The second-order valence-corrected chi connectivity index (χ2v) is 7.70. The Kier molecular flexibility index (Phi) is 4.66. The summed E-state index contributed by atoms with van der Waals surface area (Å²) in [5, 5.41) is 7.85. The van der Waals surface area contributed by atoms with Crippen LogP contribution in [0.15, 0.2) is 48.5 Å². The highest BCUT2D eigenvalue weighted by Crippen LogP contribution is 2.44. The first-order chi connectivity index (χ1) is 13.1. The van der Waals surface area contributed by atoms with Crippen molar-refractivity contribution in [3.8, 4) is 11.4 Å². The zero-order valence-corrected chi connectivity index (χ0v) is 16.3. The zero-order valence-electron chi connectivity index (χ0n) is 15.5. The maximum Gasteiger partial charge on any atom is 0.235 e. The number of methoxy groups -OCH3 is 1. The van der Waals surface area contributed by atoms with Crippen molar-refractivity contribution < 1.29 is 9.53 Å². The van der Waals surface area contributed by atoms with Crippen molar-refractivity contribution in [2.75, 3.05) is 18.2 Å². The van der Waals surface area contributed by atoms with E-state index in [1.54, 1.807) is 18.9 Å². The molecule has 1 aliphatic rings. The molecule has 0 bridgehead atoms. The van der Waals surface area contributed by atoms with Crippen LogP contribution < -0.4 is 10.1 Å². The molecular formula is C21H21N3O2S. The smallest absolute Gasteiger partial charge is 0.235 e. The van der Waals surface area contributed by atoms with Crippen LogP contribution >= 0.6 is 11.8 Å². The molecule has 3 aromatic rings. The van der Waals surface area contributed by atoms with Gasteiger partial charge in [0.05, 0.1) is 29.5 Å². The average molecular weight is 379 g/mol. The predicted molar refractivity (Wildman–Crippen MR) is 109 cm³/mol. The number of nitrogens with zero attached hydrogens (tertiary/aromatic N) is 2. The molecular weight excluding hydrogens is 358 g/mol. The third-order valence-electron chi connectivity index (χ3n) is 4.67. The summed E-state index contributed by atoms with van der Waals surface area (Å²) in [5.41, 5.74) is 5.19. The predicted octanol–water partition coefficient (Wildman–Crippen LogP) is 4.27. The van der Waals surface area contributed by atoms with Gasteiger partial charge >= 0.3 is 0 Å². The number of amides is 1. The molecule has 1 aliphatic heterocycles. The zero-order chi connectivity index (χ0) is 19.0. The third kappa shape index (κ3) is 3.32. The molecule has 0 fully saturated rings. The van der Waals surface area contributed by atoms with Crippen LogP contribution in [-0.2, 0) is 4.79 Å². The SMILES string of the molecule is COc1ccc([C@@H]2SCC(=O)Nc3c2c(C)nn3-c2cccc(C)c2)cc1. The van der Waals surface area contributed by atoms with Gasteiger partial charge in [0, 0.05) is 5.56 Å². The van der Waals surface area contributed by atoms with Crippen molar-refractivity contribution in [2.45, 2.75) is 19.1 Å². The Morgan fingerprint density at radius 1 is 1.19 bits per heavy atom. The van der Waals surface area contributed by atoms with Crippen LogP contribution in [0, 0.1) is 13.8 Å². The fourth-order valence-corrected chi connectivity index (χ4v) is 4.56. The molecule has 6 heteroatoms. The lowest BCUT2D eigenvalue weighted by Gasteiger charge is -2.16. The van der Waals surface area contributed by atoms with Crippen molar-refractivity contribution in [1.29, 1.82) is 0 Å². The summed E-state index contributed by atoms with van der Waals surface area (Å²) >= 11 is 1.62. The Morgan fingerprint density at radius 2 is 1.96 bits per heavy atom. The number of ether oxygens (including phenoxy) is 1. The highest BCUT2D eigenvalue weighted by molar-refractivity contribution is 8.00. The number of fused-ring (bicyclic) bond motifs is 1. The van der Waals surface area contributed by atoms with E-state index in [1.807, 2.05) is 48.9 Å². The van der Waals surface area contributed by atoms with E-state index in [2.05, 4.69) is 23.5 Å². The Morgan fingerprint density at radius 3 is 2.67 bits per heavy atom. The van der Waals surface area contributed by atoms with Gasteiger partial charge in [-0.1, -0.05) is 24.3 Å². The van der Waals surface area contributed by atoms with Crippen molar-refractivity contribution in [1.82, 2.24) is 9.78 Å². The van der Waals surface area contributed by atoms with Crippen molar-refractivity contribution in [2.24, 2.45) is 0 Å². The number of rotatable bonds is 3. The topological polar surface area (TPSA) is 56.1 Å². The summed E-state index contributed by atoms with van der Waals surface area (Å²) in [6.45, 7) is 4.05. The molecule has 0 unspecified atom stereocenters. The molecule has 1 aromatic heterocycles. The monoisotopic (exact) mass is 379 g/mol. The van der Waals surface area contributed by atoms with Gasteiger partial charge in [-0.05, 0) is 49.2 Å². The highest BCUT2D eigenvalue weighted by atomic mass is 32.2. The summed E-state index contributed by atoms with van der Waals surface area (Å²) < 4.78 is 7.12. The molecule has 1 atom stereocenters. The minimum Gasteiger partial charge on any atom is -0.497 e. The fourth-order valence-electron chi connectivity index (χ4n) is 3.37. The molecule has 4 rings (SSSR count). The van der Waals surface area contributed by atoms with Crippen LogP contribution in [-0.4, -0.2) is 28.6 Å². The van der Waals surface area contributed by atoms with E-state index in [1.165, 1.54) is 0 Å². The Balaban J connectivity index is 1.86. The second-order valence-electron chi connectivity index (χ2n) is 6.61. The Bertz CT molecular complexity index is 995. The quantitative estimate of drug-likeness (QED) is 0.738. The molecule has 27 heavy (non-hydrogen) atoms. The van der Waals surface area contributed by atoms with Gasteiger partial charge in [-0.2, -0.15) is 5.10 Å². The number of hydrogen-bond acceptors (Lipinski definition) is 4. The van der Waals surface area contributed by atoms with E-state index in [9.17, 15) is 4.79 Å². The highest BCUT2D eigenvalue weighted by Gasteiger charge is 2.30. The number of carbonyl (C=O) groups is 1. The van der Waals surface area contributed by atoms with Gasteiger partial charge in [-0.25, -0.2) is 4.68 Å². The second kappa shape index (κ2) is 7.12. The molecule has 2 aromatic carbocycles. The summed E-state index contributed by atoms with van der Waals surface area (Å²) in [5.74, 6) is 1.97. The largest absolute Gasteiger partial charge is 0.497 e. The molecule has 0 radical (unpaired) electrons. The first-order valence-corrected chi connectivity index (χ1v) is 9.83. The maximum atomic E-state index is 12.4. The van der Waals surface area contributed by atoms with Gasteiger partial charge < -0.3 is 10.1 Å². The van der Waals surface area contributed by atoms with Crippen LogP contribution in [0.25, 0.3) is 5.69 Å². The first kappa shape index (κ1) is 17.7. The standard InChI is InChI=1S/C21H21N3O2S/c1-13-5-4-6-16(11-13)24-21-19(14(2)23-24)20(27-12-18(25)22-21)15-7-9-17(26-3)10-8-15/h4-11,20H,12H2,1-3H3,(H,22,25)/t20-/m0/s1. The number of aryl methyl sites for hydroxylation is 2. The van der Waals surface area contributed by atoms with Gasteiger partial charge in [0.15, 0.2) is 0 Å². The molecule has 1 amide bonds. The number of hydrogen-bond donors (Lipinski definition) is 1. The minimum atomic E-state index is -0.00827. The summed E-state index contributed by atoms with van der Waals surface area (Å²) in [7, 11) is 1.66. The number of carbonyl (C=O) groups excluding carboxylic acids is 1. The van der Waals surface area contributed by atoms with Crippen LogP contribution in [0.4, 0.5) is 5.82 Å². The number of thioether (sulfide) groups is 1. The van der Waals surface area contributed by atoms with E-state index in [4.69, 9.17) is 9.84 Å². The number of nitrogens with one attached hydrogen (secondary N) is 1. The van der Waals surface area contributed by atoms with E-state index >= 15 is 0 Å². The summed E-state index contributed by atoms with van der Waals surface area (Å²) in [6, 6.07) is 16.1. The van der Waals surface area contributed by atoms with Crippen LogP contribution in [0.3, 0.4) is 0 Å². The van der Waals surface area contributed by atoms with Crippen LogP contribution in [0.2, 0.25) is 0 Å². The molecule has 2 heterocycles. The third-order valence-corrected chi connectivity index (χ3v) is 5.94. The van der Waals surface area contributed by atoms with Gasteiger partial charge in [0.2, 0.25) is 5.91 Å². The summed E-state index contributed by atoms with van der Waals surface area (Å²) in [4.78, 5) is 12.4. The lowest BCUT2D eigenvalue weighted by atomic mass is 10.0. The maximum absolute atomic E-state index is 12.4. The fraction of sp³-hybridized carbons (Fsp3) is 0.238. The van der Waals surface area contributed by atoms with Crippen LogP contribution in [0.5, 0.6) is 5.75 Å². The molecule has 0 spiro atoms. The van der Waals surface area contributed by atoms with Gasteiger partial charge in [0.1, 0.15) is 11.6 Å². The molecule has 5 nitrogen and oxygen atoms in total. The van der Waals surface area contributed by atoms with E-state index < -0.39 is 0 Å². The first-order valence-electron chi connectivity index (χ1n) is 8.79. The van der Waals surface area contributed by atoms with Gasteiger partial charge in [0.25, 0.3) is 0 Å². The van der Waals surface area contributed by atoms with Crippen molar-refractivity contribution >= 4 is 23.5 Å². The molecule has 0 saturated carbocycles. The minimum absolute atomic E-state index is 0.00827. The average Bonchev–Trinajstić information content (AvgIpc) is 2.88. The van der Waals surface area contributed by atoms with Crippen molar-refractivity contribution in [3.63, 3.8) is 0 Å². The summed E-state index contributed by atoms with van der Waals surface area (Å²) in [6.07, 6.45) is 0. The van der Waals surface area contributed by atoms with Gasteiger partial charge in [-0.3, -0.25) is 4.79 Å². The van der Waals surface area contributed by atoms with Gasteiger partial charge in [-0.15, -0.1) is 11.8 Å². The van der Waals surface area contributed by atoms with E-state index in [-0.39, 0.29) is 11.2 Å². The molecule has 0 aliphatic carbocycles. The normalized spacial score (nSPS) is 16.4.